The van der Waals surface area contributed by atoms with Crippen LogP contribution in [0.25, 0.3) is 0 Å². The van der Waals surface area contributed by atoms with Gasteiger partial charge in [0, 0.05) is 16.8 Å². The predicted octanol–water partition coefficient (Wildman–Crippen LogP) is 4.33. The first-order chi connectivity index (χ1) is 7.02. The number of anilines is 1. The Morgan fingerprint density at radius 2 is 2.00 bits per heavy atom. The van der Waals surface area contributed by atoms with Crippen LogP contribution in [0.1, 0.15) is 27.2 Å². The third-order valence-corrected chi connectivity index (χ3v) is 2.68. The number of hydrogen-bond donors (Lipinski definition) is 1. The highest BCUT2D eigenvalue weighted by molar-refractivity contribution is 6.30. The van der Waals surface area contributed by atoms with Crippen molar-refractivity contribution in [3.63, 3.8) is 0 Å². The maximum absolute atomic E-state index is 13.1. The van der Waals surface area contributed by atoms with Crippen LogP contribution in [0.4, 0.5) is 10.1 Å². The Morgan fingerprint density at radius 3 is 2.47 bits per heavy atom. The molecule has 0 aromatic heterocycles. The maximum Gasteiger partial charge on any atom is 0.126 e. The van der Waals surface area contributed by atoms with Crippen molar-refractivity contribution in [1.82, 2.24) is 0 Å². The molecule has 0 saturated carbocycles. The fraction of sp³-hybridized carbons (Fsp3) is 0.500. The average Bonchev–Trinajstić information content (AvgIpc) is 2.12. The summed E-state index contributed by atoms with van der Waals surface area (Å²) < 4.78 is 13.1. The number of hydrogen-bond acceptors (Lipinski definition) is 1. The molecule has 0 aliphatic rings. The zero-order valence-corrected chi connectivity index (χ0v) is 10.1. The first-order valence-electron chi connectivity index (χ1n) is 5.25. The smallest absolute Gasteiger partial charge is 0.126 e. The van der Waals surface area contributed by atoms with Crippen LogP contribution in [-0.2, 0) is 0 Å². The van der Waals surface area contributed by atoms with Crippen molar-refractivity contribution in [1.29, 1.82) is 0 Å². The van der Waals surface area contributed by atoms with E-state index in [9.17, 15) is 4.39 Å². The fourth-order valence-electron chi connectivity index (χ4n) is 1.59. The molecule has 0 amide bonds. The van der Waals surface area contributed by atoms with Gasteiger partial charge in [0.2, 0.25) is 0 Å². The fourth-order valence-corrected chi connectivity index (χ4v) is 1.81. The zero-order chi connectivity index (χ0) is 11.4. The van der Waals surface area contributed by atoms with Crippen LogP contribution >= 0.6 is 11.6 Å². The minimum Gasteiger partial charge on any atom is -0.382 e. The third kappa shape index (κ3) is 3.71. The number of rotatable bonds is 4. The molecule has 1 aromatic rings. The summed E-state index contributed by atoms with van der Waals surface area (Å²) in [7, 11) is 0. The predicted molar refractivity (Wildman–Crippen MR) is 63.9 cm³/mol. The molecule has 1 aromatic carbocycles. The van der Waals surface area contributed by atoms with Gasteiger partial charge >= 0.3 is 0 Å². The van der Waals surface area contributed by atoms with Crippen LogP contribution in [0.3, 0.4) is 0 Å². The summed E-state index contributed by atoms with van der Waals surface area (Å²) in [4.78, 5) is 0. The van der Waals surface area contributed by atoms with Gasteiger partial charge in [0.25, 0.3) is 0 Å². The highest BCUT2D eigenvalue weighted by Crippen LogP contribution is 2.21. The molecular formula is C12H17ClFN. The summed E-state index contributed by atoms with van der Waals surface area (Å²) in [6.07, 6.45) is 1.01. The van der Waals surface area contributed by atoms with Crippen LogP contribution in [0.2, 0.25) is 5.02 Å². The summed E-state index contributed by atoms with van der Waals surface area (Å²) >= 11 is 5.78. The number of nitrogens with one attached hydrogen (secondary N) is 1. The lowest BCUT2D eigenvalue weighted by molar-refractivity contribution is 0.511. The second-order valence-corrected chi connectivity index (χ2v) is 4.50. The molecule has 0 radical (unpaired) electrons. The SMILES string of the molecule is CCC(Nc1cc(F)cc(Cl)c1)C(C)C. The molecule has 15 heavy (non-hydrogen) atoms. The van der Waals surface area contributed by atoms with E-state index in [1.54, 1.807) is 6.07 Å². The van der Waals surface area contributed by atoms with Crippen molar-refractivity contribution in [2.24, 2.45) is 5.92 Å². The minimum absolute atomic E-state index is 0.302. The molecule has 0 spiro atoms. The molecule has 3 heteroatoms. The van der Waals surface area contributed by atoms with Crippen LogP contribution in [0.5, 0.6) is 0 Å². The molecule has 1 N–H and O–H groups in total. The van der Waals surface area contributed by atoms with E-state index >= 15 is 0 Å². The van der Waals surface area contributed by atoms with Crippen molar-refractivity contribution in [3.8, 4) is 0 Å². The van der Waals surface area contributed by atoms with Gasteiger partial charge in [-0.1, -0.05) is 32.4 Å². The average molecular weight is 230 g/mol. The molecule has 0 bridgehead atoms. The summed E-state index contributed by atoms with van der Waals surface area (Å²) in [5.74, 6) is 0.209. The van der Waals surface area contributed by atoms with Gasteiger partial charge in [0.15, 0.2) is 0 Å². The van der Waals surface area contributed by atoms with Gasteiger partial charge in [-0.3, -0.25) is 0 Å². The Balaban J connectivity index is 2.79. The van der Waals surface area contributed by atoms with E-state index in [1.807, 2.05) is 0 Å². The Bertz CT molecular complexity index is 305. The molecule has 1 unspecified atom stereocenters. The van der Waals surface area contributed by atoms with Crippen molar-refractivity contribution in [3.05, 3.63) is 29.0 Å². The maximum atomic E-state index is 13.1. The van der Waals surface area contributed by atoms with E-state index < -0.39 is 0 Å². The normalized spacial score (nSPS) is 12.9. The molecule has 84 valence electrons. The van der Waals surface area contributed by atoms with Gasteiger partial charge in [0.05, 0.1) is 0 Å². The number of halogens is 2. The number of benzene rings is 1. The Hall–Kier alpha value is -0.760. The lowest BCUT2D eigenvalue weighted by Gasteiger charge is -2.22. The van der Waals surface area contributed by atoms with E-state index in [0.29, 0.717) is 17.0 Å². The van der Waals surface area contributed by atoms with Gasteiger partial charge in [0.1, 0.15) is 5.82 Å². The molecule has 0 heterocycles. The third-order valence-electron chi connectivity index (χ3n) is 2.46. The summed E-state index contributed by atoms with van der Waals surface area (Å²) in [6, 6.07) is 4.87. The van der Waals surface area contributed by atoms with Gasteiger partial charge in [-0.15, -0.1) is 0 Å². The largest absolute Gasteiger partial charge is 0.382 e. The van der Waals surface area contributed by atoms with Crippen LogP contribution in [0.15, 0.2) is 18.2 Å². The monoisotopic (exact) mass is 229 g/mol. The van der Waals surface area contributed by atoms with E-state index in [2.05, 4.69) is 26.1 Å². The molecule has 1 atom stereocenters. The van der Waals surface area contributed by atoms with Crippen LogP contribution in [0, 0.1) is 11.7 Å². The van der Waals surface area contributed by atoms with Crippen LogP contribution < -0.4 is 5.32 Å². The van der Waals surface area contributed by atoms with Gasteiger partial charge in [-0.25, -0.2) is 4.39 Å². The standard InChI is InChI=1S/C12H17ClFN/c1-4-12(8(2)3)15-11-6-9(13)5-10(14)7-11/h5-8,12,15H,4H2,1-3H3. The quantitative estimate of drug-likeness (QED) is 0.811. The van der Waals surface area contributed by atoms with Gasteiger partial charge in [-0.2, -0.15) is 0 Å². The van der Waals surface area contributed by atoms with E-state index in [-0.39, 0.29) is 5.82 Å². The highest BCUT2D eigenvalue weighted by Gasteiger charge is 2.11. The summed E-state index contributed by atoms with van der Waals surface area (Å²) in [5.41, 5.74) is 0.751. The molecular weight excluding hydrogens is 213 g/mol. The highest BCUT2D eigenvalue weighted by atomic mass is 35.5. The Morgan fingerprint density at radius 1 is 1.33 bits per heavy atom. The second-order valence-electron chi connectivity index (χ2n) is 4.06. The molecule has 0 aliphatic heterocycles. The zero-order valence-electron chi connectivity index (χ0n) is 9.35. The van der Waals surface area contributed by atoms with E-state index in [4.69, 9.17) is 11.6 Å². The molecule has 1 nitrogen and oxygen atoms in total. The summed E-state index contributed by atoms with van der Waals surface area (Å²) in [6.45, 7) is 6.39. The van der Waals surface area contributed by atoms with Crippen molar-refractivity contribution >= 4 is 17.3 Å². The van der Waals surface area contributed by atoms with E-state index in [1.165, 1.54) is 12.1 Å². The minimum atomic E-state index is -0.302. The molecule has 0 saturated heterocycles. The van der Waals surface area contributed by atoms with Crippen molar-refractivity contribution < 1.29 is 4.39 Å². The first-order valence-corrected chi connectivity index (χ1v) is 5.63. The van der Waals surface area contributed by atoms with Gasteiger partial charge in [-0.05, 0) is 30.5 Å². The van der Waals surface area contributed by atoms with E-state index in [0.717, 1.165) is 12.1 Å². The van der Waals surface area contributed by atoms with Crippen molar-refractivity contribution in [2.45, 2.75) is 33.2 Å². The first kappa shape index (κ1) is 12.3. The molecule has 0 aliphatic carbocycles. The van der Waals surface area contributed by atoms with Crippen LogP contribution in [-0.4, -0.2) is 6.04 Å². The molecule has 1 rings (SSSR count). The lowest BCUT2D eigenvalue weighted by Crippen LogP contribution is -2.24. The Labute approximate surface area is 95.6 Å². The molecule has 0 fully saturated rings. The Kier molecular flexibility index (Phi) is 4.40. The van der Waals surface area contributed by atoms with Gasteiger partial charge < -0.3 is 5.32 Å². The lowest BCUT2D eigenvalue weighted by atomic mass is 10.0. The second kappa shape index (κ2) is 5.36. The van der Waals surface area contributed by atoms with Crippen molar-refractivity contribution in [2.75, 3.05) is 5.32 Å². The summed E-state index contributed by atoms with van der Waals surface area (Å²) in [5, 5.41) is 3.71. The topological polar surface area (TPSA) is 12.0 Å².